The lowest BCUT2D eigenvalue weighted by Crippen LogP contribution is -2.34. The molecule has 0 fully saturated rings. The molecular formula is C11H12O5. The van der Waals surface area contributed by atoms with Crippen LogP contribution in [0.5, 0.6) is 0 Å². The van der Waals surface area contributed by atoms with Crippen LogP contribution in [-0.4, -0.2) is 35.4 Å². The number of hydrogen-bond donors (Lipinski definition) is 2. The molecule has 0 saturated carbocycles. The summed E-state index contributed by atoms with van der Waals surface area (Å²) >= 11 is 0. The van der Waals surface area contributed by atoms with Crippen molar-refractivity contribution >= 4 is 11.9 Å². The van der Waals surface area contributed by atoms with E-state index in [4.69, 9.17) is 14.9 Å². The number of carboxylic acids is 2. The fraction of sp³-hybridized carbons (Fsp3) is 0.273. The molecule has 0 bridgehead atoms. The van der Waals surface area contributed by atoms with Gasteiger partial charge in [0, 0.05) is 7.11 Å². The molecule has 0 aromatic heterocycles. The van der Waals surface area contributed by atoms with Gasteiger partial charge in [-0.2, -0.15) is 0 Å². The van der Waals surface area contributed by atoms with Crippen LogP contribution in [0.25, 0.3) is 0 Å². The van der Waals surface area contributed by atoms with E-state index in [0.29, 0.717) is 5.56 Å². The lowest BCUT2D eigenvalue weighted by Gasteiger charge is -2.19. The standard InChI is InChI=1S/C11H12O5/c1-16-9(11(14)15)8(10(12)13)7-5-3-2-4-6-7/h2-6,8-9H,1H3,(H,12,13)(H,14,15). The largest absolute Gasteiger partial charge is 0.481 e. The van der Waals surface area contributed by atoms with Gasteiger partial charge in [0.05, 0.1) is 0 Å². The fourth-order valence-electron chi connectivity index (χ4n) is 1.49. The Balaban J connectivity index is 3.09. The first-order chi connectivity index (χ1) is 7.57. The predicted molar refractivity (Wildman–Crippen MR) is 55.3 cm³/mol. The molecule has 16 heavy (non-hydrogen) atoms. The molecule has 2 N–H and O–H groups in total. The maximum absolute atomic E-state index is 11.1. The Bertz CT molecular complexity index is 373. The van der Waals surface area contributed by atoms with Crippen LogP contribution in [0, 0.1) is 0 Å². The van der Waals surface area contributed by atoms with Crippen molar-refractivity contribution in [2.45, 2.75) is 12.0 Å². The van der Waals surface area contributed by atoms with Crippen LogP contribution in [-0.2, 0) is 14.3 Å². The Kier molecular flexibility index (Phi) is 4.02. The summed E-state index contributed by atoms with van der Waals surface area (Å²) in [4.78, 5) is 21.9. The Morgan fingerprint density at radius 2 is 1.69 bits per heavy atom. The van der Waals surface area contributed by atoms with Gasteiger partial charge < -0.3 is 14.9 Å². The molecule has 5 nitrogen and oxygen atoms in total. The molecule has 0 spiro atoms. The minimum Gasteiger partial charge on any atom is -0.481 e. The first kappa shape index (κ1) is 12.2. The number of aliphatic carboxylic acids is 2. The van der Waals surface area contributed by atoms with Crippen molar-refractivity contribution in [3.05, 3.63) is 35.9 Å². The smallest absolute Gasteiger partial charge is 0.334 e. The van der Waals surface area contributed by atoms with Gasteiger partial charge in [-0.1, -0.05) is 30.3 Å². The molecule has 0 aliphatic carbocycles. The number of carboxylic acid groups (broad SMARTS) is 2. The molecule has 0 heterocycles. The van der Waals surface area contributed by atoms with Crippen LogP contribution < -0.4 is 0 Å². The lowest BCUT2D eigenvalue weighted by molar-refractivity contribution is -0.157. The van der Waals surface area contributed by atoms with Crippen molar-refractivity contribution in [3.63, 3.8) is 0 Å². The summed E-state index contributed by atoms with van der Waals surface area (Å²) in [6.45, 7) is 0. The van der Waals surface area contributed by atoms with Crippen LogP contribution in [0.2, 0.25) is 0 Å². The van der Waals surface area contributed by atoms with Gasteiger partial charge in [0.1, 0.15) is 5.92 Å². The number of hydrogen-bond acceptors (Lipinski definition) is 3. The molecule has 5 heteroatoms. The molecule has 2 unspecified atom stereocenters. The van der Waals surface area contributed by atoms with Crippen molar-refractivity contribution in [3.8, 4) is 0 Å². The van der Waals surface area contributed by atoms with E-state index in [-0.39, 0.29) is 0 Å². The third kappa shape index (κ3) is 2.58. The Morgan fingerprint density at radius 3 is 2.06 bits per heavy atom. The van der Waals surface area contributed by atoms with Gasteiger partial charge >= 0.3 is 11.9 Å². The molecule has 1 aromatic carbocycles. The quantitative estimate of drug-likeness (QED) is 0.778. The molecule has 0 radical (unpaired) electrons. The third-order valence-electron chi connectivity index (χ3n) is 2.22. The first-order valence-electron chi connectivity index (χ1n) is 4.61. The van der Waals surface area contributed by atoms with E-state index < -0.39 is 24.0 Å². The average Bonchev–Trinajstić information content (AvgIpc) is 2.25. The highest BCUT2D eigenvalue weighted by atomic mass is 16.5. The summed E-state index contributed by atoms with van der Waals surface area (Å²) in [5.41, 5.74) is 0.407. The molecule has 0 saturated heterocycles. The van der Waals surface area contributed by atoms with E-state index in [0.717, 1.165) is 0 Å². The van der Waals surface area contributed by atoms with E-state index in [1.54, 1.807) is 30.3 Å². The zero-order chi connectivity index (χ0) is 12.1. The molecule has 1 rings (SSSR count). The Morgan fingerprint density at radius 1 is 1.12 bits per heavy atom. The first-order valence-corrected chi connectivity index (χ1v) is 4.61. The second-order valence-corrected chi connectivity index (χ2v) is 3.22. The van der Waals surface area contributed by atoms with Gasteiger partial charge in [-0.25, -0.2) is 4.79 Å². The molecule has 1 aromatic rings. The summed E-state index contributed by atoms with van der Waals surface area (Å²) in [5.74, 6) is -3.72. The summed E-state index contributed by atoms with van der Waals surface area (Å²) in [6, 6.07) is 8.16. The maximum Gasteiger partial charge on any atom is 0.334 e. The molecule has 0 amide bonds. The normalized spacial score (nSPS) is 14.1. The minimum absolute atomic E-state index is 0.407. The van der Waals surface area contributed by atoms with E-state index in [1.165, 1.54) is 7.11 Å². The molecule has 0 aliphatic heterocycles. The van der Waals surface area contributed by atoms with E-state index in [2.05, 4.69) is 0 Å². The second kappa shape index (κ2) is 5.27. The van der Waals surface area contributed by atoms with Crippen LogP contribution in [0.4, 0.5) is 0 Å². The molecule has 86 valence electrons. The van der Waals surface area contributed by atoms with E-state index in [1.807, 2.05) is 0 Å². The Labute approximate surface area is 92.3 Å². The molecule has 2 atom stereocenters. The highest BCUT2D eigenvalue weighted by Gasteiger charge is 2.35. The number of benzene rings is 1. The monoisotopic (exact) mass is 224 g/mol. The van der Waals surface area contributed by atoms with Crippen molar-refractivity contribution in [1.82, 2.24) is 0 Å². The highest BCUT2D eigenvalue weighted by molar-refractivity contribution is 5.86. The van der Waals surface area contributed by atoms with Crippen molar-refractivity contribution in [2.75, 3.05) is 7.11 Å². The van der Waals surface area contributed by atoms with Gasteiger partial charge in [0.25, 0.3) is 0 Å². The van der Waals surface area contributed by atoms with Gasteiger partial charge in [0.2, 0.25) is 0 Å². The number of methoxy groups -OCH3 is 1. The summed E-state index contributed by atoms with van der Waals surface area (Å²) in [7, 11) is 1.18. The molecular weight excluding hydrogens is 212 g/mol. The van der Waals surface area contributed by atoms with Crippen molar-refractivity contribution in [2.24, 2.45) is 0 Å². The summed E-state index contributed by atoms with van der Waals surface area (Å²) in [5, 5.41) is 17.9. The topological polar surface area (TPSA) is 83.8 Å². The van der Waals surface area contributed by atoms with Crippen LogP contribution in [0.3, 0.4) is 0 Å². The van der Waals surface area contributed by atoms with Crippen molar-refractivity contribution < 1.29 is 24.5 Å². The maximum atomic E-state index is 11.1. The number of ether oxygens (including phenoxy) is 1. The van der Waals surface area contributed by atoms with Gasteiger partial charge in [-0.15, -0.1) is 0 Å². The SMILES string of the molecule is COC(C(=O)O)C(C(=O)O)c1ccccc1. The third-order valence-corrected chi connectivity index (χ3v) is 2.22. The number of rotatable bonds is 5. The van der Waals surface area contributed by atoms with E-state index in [9.17, 15) is 9.59 Å². The average molecular weight is 224 g/mol. The zero-order valence-electron chi connectivity index (χ0n) is 8.66. The molecule has 0 aliphatic rings. The zero-order valence-corrected chi connectivity index (χ0v) is 8.66. The van der Waals surface area contributed by atoms with Gasteiger partial charge in [-0.3, -0.25) is 4.79 Å². The number of carbonyl (C=O) groups is 2. The second-order valence-electron chi connectivity index (χ2n) is 3.22. The summed E-state index contributed by atoms with van der Waals surface area (Å²) in [6.07, 6.45) is -1.39. The van der Waals surface area contributed by atoms with Crippen LogP contribution >= 0.6 is 0 Å². The minimum atomic E-state index is -1.39. The fourth-order valence-corrected chi connectivity index (χ4v) is 1.49. The van der Waals surface area contributed by atoms with Gasteiger partial charge in [0.15, 0.2) is 6.10 Å². The lowest BCUT2D eigenvalue weighted by atomic mass is 9.93. The highest BCUT2D eigenvalue weighted by Crippen LogP contribution is 2.22. The Hall–Kier alpha value is -1.88. The summed E-state index contributed by atoms with van der Waals surface area (Å²) < 4.78 is 4.71. The van der Waals surface area contributed by atoms with Gasteiger partial charge in [-0.05, 0) is 5.56 Å². The van der Waals surface area contributed by atoms with Crippen LogP contribution in [0.15, 0.2) is 30.3 Å². The predicted octanol–water partition coefficient (Wildman–Crippen LogP) is 0.954. The van der Waals surface area contributed by atoms with Crippen LogP contribution in [0.1, 0.15) is 11.5 Å². The van der Waals surface area contributed by atoms with Crippen molar-refractivity contribution in [1.29, 1.82) is 0 Å². The van der Waals surface area contributed by atoms with E-state index >= 15 is 0 Å².